The monoisotopic (exact) mass is 254 g/mol. The van der Waals surface area contributed by atoms with Crippen LogP contribution in [0.15, 0.2) is 29.2 Å². The second-order valence-electron chi connectivity index (χ2n) is 4.08. The Bertz CT molecular complexity index is 529. The van der Waals surface area contributed by atoms with Crippen LogP contribution in [0.3, 0.4) is 0 Å². The summed E-state index contributed by atoms with van der Waals surface area (Å²) < 4.78 is 22.9. The zero-order valence-electron chi connectivity index (χ0n) is 9.43. The van der Waals surface area contributed by atoms with Gasteiger partial charge in [-0.05, 0) is 17.7 Å². The predicted molar refractivity (Wildman–Crippen MR) is 63.3 cm³/mol. The van der Waals surface area contributed by atoms with Crippen LogP contribution < -0.4 is 10.6 Å². The molecule has 17 heavy (non-hydrogen) atoms. The molecule has 1 unspecified atom stereocenters. The largest absolute Gasteiger partial charge is 0.353 e. The number of hydrogen-bond donors (Lipinski definition) is 2. The number of nitrogens with one attached hydrogen (secondary N) is 2. The van der Waals surface area contributed by atoms with Crippen LogP contribution in [0.5, 0.6) is 0 Å². The summed E-state index contributed by atoms with van der Waals surface area (Å²) in [4.78, 5) is 11.3. The van der Waals surface area contributed by atoms with Crippen molar-refractivity contribution >= 4 is 15.7 Å². The molecule has 0 radical (unpaired) electrons. The van der Waals surface area contributed by atoms with Crippen molar-refractivity contribution in [2.75, 3.05) is 19.3 Å². The van der Waals surface area contributed by atoms with E-state index < -0.39 is 9.84 Å². The number of benzene rings is 1. The van der Waals surface area contributed by atoms with E-state index in [1.54, 1.807) is 18.2 Å². The van der Waals surface area contributed by atoms with E-state index in [0.717, 1.165) is 5.56 Å². The van der Waals surface area contributed by atoms with Crippen LogP contribution in [0.25, 0.3) is 0 Å². The highest BCUT2D eigenvalue weighted by molar-refractivity contribution is 7.90. The van der Waals surface area contributed by atoms with E-state index >= 15 is 0 Å². The molecule has 0 aliphatic carbocycles. The highest BCUT2D eigenvalue weighted by atomic mass is 32.2. The Kier molecular flexibility index (Phi) is 3.17. The maximum atomic E-state index is 11.4. The minimum absolute atomic E-state index is 0.0330. The van der Waals surface area contributed by atoms with Gasteiger partial charge in [-0.15, -0.1) is 0 Å². The van der Waals surface area contributed by atoms with Gasteiger partial charge in [-0.25, -0.2) is 8.42 Å². The average molecular weight is 254 g/mol. The number of piperazine rings is 1. The molecule has 0 saturated carbocycles. The minimum Gasteiger partial charge on any atom is -0.353 e. The van der Waals surface area contributed by atoms with Gasteiger partial charge >= 0.3 is 0 Å². The summed E-state index contributed by atoms with van der Waals surface area (Å²) in [6, 6.07) is 6.74. The van der Waals surface area contributed by atoms with Crippen LogP contribution >= 0.6 is 0 Å². The quantitative estimate of drug-likeness (QED) is 0.769. The van der Waals surface area contributed by atoms with Crippen LogP contribution in [0.2, 0.25) is 0 Å². The number of carbonyl (C=O) groups is 1. The van der Waals surface area contributed by atoms with E-state index in [0.29, 0.717) is 11.4 Å². The topological polar surface area (TPSA) is 75.3 Å². The third kappa shape index (κ3) is 2.83. The molecule has 1 amide bonds. The van der Waals surface area contributed by atoms with Gasteiger partial charge in [-0.1, -0.05) is 12.1 Å². The van der Waals surface area contributed by atoms with Crippen LogP contribution in [-0.4, -0.2) is 33.7 Å². The molecule has 92 valence electrons. The SMILES string of the molecule is CS(=O)(=O)c1cccc(C2CNC(=O)CN2)c1. The third-order valence-corrected chi connectivity index (χ3v) is 3.81. The molecule has 0 bridgehead atoms. The number of amides is 1. The van der Waals surface area contributed by atoms with Crippen molar-refractivity contribution in [1.29, 1.82) is 0 Å². The number of rotatable bonds is 2. The molecule has 1 heterocycles. The fraction of sp³-hybridized carbons (Fsp3) is 0.364. The zero-order valence-corrected chi connectivity index (χ0v) is 10.3. The first-order valence-corrected chi connectivity index (χ1v) is 7.16. The summed E-state index contributed by atoms with van der Waals surface area (Å²) in [5.74, 6) is -0.0412. The Labute approximate surface area is 100 Å². The van der Waals surface area contributed by atoms with Gasteiger partial charge < -0.3 is 5.32 Å². The number of hydrogen-bond acceptors (Lipinski definition) is 4. The molecule has 5 nitrogen and oxygen atoms in total. The summed E-state index contributed by atoms with van der Waals surface area (Å²) in [6.45, 7) is 0.736. The van der Waals surface area contributed by atoms with Crippen LogP contribution in [0, 0.1) is 0 Å². The van der Waals surface area contributed by atoms with Crippen molar-refractivity contribution in [3.63, 3.8) is 0 Å². The lowest BCUT2D eigenvalue weighted by Crippen LogP contribution is -2.46. The first-order valence-electron chi connectivity index (χ1n) is 5.27. The van der Waals surface area contributed by atoms with Crippen molar-refractivity contribution in [3.8, 4) is 0 Å². The lowest BCUT2D eigenvalue weighted by Gasteiger charge is -2.24. The fourth-order valence-corrected chi connectivity index (χ4v) is 2.44. The van der Waals surface area contributed by atoms with Gasteiger partial charge in [0.25, 0.3) is 0 Å². The molecule has 1 aliphatic heterocycles. The molecule has 6 heteroatoms. The molecular formula is C11H14N2O3S. The van der Waals surface area contributed by atoms with Crippen molar-refractivity contribution in [2.45, 2.75) is 10.9 Å². The second kappa shape index (κ2) is 4.46. The first kappa shape index (κ1) is 12.1. The maximum Gasteiger partial charge on any atom is 0.234 e. The van der Waals surface area contributed by atoms with Gasteiger partial charge in [0.05, 0.1) is 17.5 Å². The predicted octanol–water partition coefficient (Wildman–Crippen LogP) is -0.149. The molecule has 2 N–H and O–H groups in total. The van der Waals surface area contributed by atoms with Crippen molar-refractivity contribution < 1.29 is 13.2 Å². The third-order valence-electron chi connectivity index (χ3n) is 2.70. The van der Waals surface area contributed by atoms with Crippen molar-refractivity contribution in [3.05, 3.63) is 29.8 Å². The highest BCUT2D eigenvalue weighted by Crippen LogP contribution is 2.18. The number of sulfone groups is 1. The Morgan fingerprint density at radius 2 is 2.12 bits per heavy atom. The van der Waals surface area contributed by atoms with E-state index in [1.807, 2.05) is 6.07 Å². The van der Waals surface area contributed by atoms with E-state index in [2.05, 4.69) is 10.6 Å². The lowest BCUT2D eigenvalue weighted by atomic mass is 10.1. The molecule has 1 aromatic rings. The fourth-order valence-electron chi connectivity index (χ4n) is 1.76. The van der Waals surface area contributed by atoms with Crippen LogP contribution in [0.4, 0.5) is 0 Å². The van der Waals surface area contributed by atoms with Gasteiger partial charge in [-0.3, -0.25) is 10.1 Å². The minimum atomic E-state index is -3.19. The van der Waals surface area contributed by atoms with E-state index in [9.17, 15) is 13.2 Å². The van der Waals surface area contributed by atoms with E-state index in [4.69, 9.17) is 0 Å². The summed E-state index contributed by atoms with van der Waals surface area (Å²) in [7, 11) is -3.19. The van der Waals surface area contributed by atoms with Crippen LogP contribution in [-0.2, 0) is 14.6 Å². The van der Waals surface area contributed by atoms with Crippen molar-refractivity contribution in [1.82, 2.24) is 10.6 Å². The molecule has 0 spiro atoms. The molecule has 1 fully saturated rings. The van der Waals surface area contributed by atoms with Gasteiger partial charge in [0.1, 0.15) is 0 Å². The Balaban J connectivity index is 2.25. The average Bonchev–Trinajstić information content (AvgIpc) is 2.29. The normalized spacial score (nSPS) is 21.0. The smallest absolute Gasteiger partial charge is 0.234 e. The standard InChI is InChI=1S/C11H14N2O3S/c1-17(15,16)9-4-2-3-8(5-9)10-6-13-11(14)7-12-10/h2-5,10,12H,6-7H2,1H3,(H,13,14). The van der Waals surface area contributed by atoms with E-state index in [-0.39, 0.29) is 18.5 Å². The maximum absolute atomic E-state index is 11.4. The number of carbonyl (C=O) groups excluding carboxylic acids is 1. The molecule has 1 aliphatic rings. The van der Waals surface area contributed by atoms with E-state index in [1.165, 1.54) is 6.26 Å². The summed E-state index contributed by atoms with van der Waals surface area (Å²) in [5.41, 5.74) is 0.868. The van der Waals surface area contributed by atoms with Crippen molar-refractivity contribution in [2.24, 2.45) is 0 Å². The van der Waals surface area contributed by atoms with Gasteiger partial charge in [0, 0.05) is 12.8 Å². The zero-order chi connectivity index (χ0) is 12.5. The molecule has 0 aromatic heterocycles. The molecule has 2 rings (SSSR count). The molecule has 1 atom stereocenters. The Morgan fingerprint density at radius 3 is 2.71 bits per heavy atom. The highest BCUT2D eigenvalue weighted by Gasteiger charge is 2.19. The lowest BCUT2D eigenvalue weighted by molar-refractivity contribution is -0.121. The Hall–Kier alpha value is -1.40. The van der Waals surface area contributed by atoms with Crippen LogP contribution in [0.1, 0.15) is 11.6 Å². The first-order chi connectivity index (χ1) is 7.97. The molecular weight excluding hydrogens is 240 g/mol. The van der Waals surface area contributed by atoms with Gasteiger partial charge in [0.2, 0.25) is 5.91 Å². The van der Waals surface area contributed by atoms with Gasteiger partial charge in [0.15, 0.2) is 9.84 Å². The van der Waals surface area contributed by atoms with Gasteiger partial charge in [-0.2, -0.15) is 0 Å². The Morgan fingerprint density at radius 1 is 1.35 bits per heavy atom. The molecule has 1 saturated heterocycles. The summed E-state index contributed by atoms with van der Waals surface area (Å²) in [5, 5.41) is 5.79. The summed E-state index contributed by atoms with van der Waals surface area (Å²) in [6.07, 6.45) is 1.18. The summed E-state index contributed by atoms with van der Waals surface area (Å²) >= 11 is 0. The second-order valence-corrected chi connectivity index (χ2v) is 6.10. The molecule has 1 aromatic carbocycles.